The highest BCUT2D eigenvalue weighted by Crippen LogP contribution is 2.29. The molecule has 0 saturated carbocycles. The van der Waals surface area contributed by atoms with Crippen LogP contribution in [0.2, 0.25) is 0 Å². The fraction of sp³-hybridized carbons (Fsp3) is 0.200. The predicted octanol–water partition coefficient (Wildman–Crippen LogP) is 3.49. The fourth-order valence-corrected chi connectivity index (χ4v) is 3.21. The van der Waals surface area contributed by atoms with Gasteiger partial charge in [0.2, 0.25) is 0 Å². The van der Waals surface area contributed by atoms with Crippen LogP contribution >= 0.6 is 0 Å². The Balaban J connectivity index is 1.60. The first kappa shape index (κ1) is 16.3. The fourth-order valence-electron chi connectivity index (χ4n) is 3.21. The van der Waals surface area contributed by atoms with E-state index in [2.05, 4.69) is 20.3 Å². The molecular weight excluding hydrogens is 331 g/mol. The molecule has 1 amide bonds. The Labute approximate surface area is 150 Å². The van der Waals surface area contributed by atoms with Gasteiger partial charge in [-0.05, 0) is 43.5 Å². The van der Waals surface area contributed by atoms with Crippen LogP contribution in [-0.2, 0) is 6.42 Å². The second-order valence-electron chi connectivity index (χ2n) is 6.24. The largest absolute Gasteiger partial charge is 0.345 e. The van der Waals surface area contributed by atoms with E-state index in [1.165, 1.54) is 12.1 Å². The van der Waals surface area contributed by atoms with Crippen molar-refractivity contribution >= 4 is 5.91 Å². The number of aromatic nitrogens is 3. The molecule has 0 unspecified atom stereocenters. The highest BCUT2D eigenvalue weighted by molar-refractivity contribution is 5.94. The molecule has 5 nitrogen and oxygen atoms in total. The van der Waals surface area contributed by atoms with E-state index < -0.39 is 11.7 Å². The van der Waals surface area contributed by atoms with Gasteiger partial charge in [-0.2, -0.15) is 0 Å². The molecule has 1 N–H and O–H groups in total. The van der Waals surface area contributed by atoms with Gasteiger partial charge in [0.25, 0.3) is 5.91 Å². The molecule has 2 heterocycles. The highest BCUT2D eigenvalue weighted by Gasteiger charge is 2.25. The van der Waals surface area contributed by atoms with Crippen molar-refractivity contribution in [3.05, 3.63) is 77.6 Å². The van der Waals surface area contributed by atoms with Crippen LogP contribution in [0.3, 0.4) is 0 Å². The third-order valence-corrected chi connectivity index (χ3v) is 4.53. The lowest BCUT2D eigenvalue weighted by atomic mass is 9.92. The van der Waals surface area contributed by atoms with Crippen molar-refractivity contribution in [1.29, 1.82) is 0 Å². The molecule has 6 heteroatoms. The van der Waals surface area contributed by atoms with Crippen molar-refractivity contribution in [2.45, 2.75) is 25.3 Å². The number of fused-ring (bicyclic) bond motifs is 1. The summed E-state index contributed by atoms with van der Waals surface area (Å²) in [6, 6.07) is 9.52. The van der Waals surface area contributed by atoms with E-state index in [1.54, 1.807) is 30.7 Å². The first-order chi connectivity index (χ1) is 12.7. The molecule has 4 rings (SSSR count). The van der Waals surface area contributed by atoms with Crippen LogP contribution in [0.15, 0.2) is 55.0 Å². The van der Waals surface area contributed by atoms with Gasteiger partial charge in [-0.25, -0.2) is 14.4 Å². The maximum Gasteiger partial charge on any atom is 0.254 e. The lowest BCUT2D eigenvalue weighted by Crippen LogP contribution is -2.32. The Morgan fingerprint density at radius 3 is 2.85 bits per heavy atom. The van der Waals surface area contributed by atoms with Gasteiger partial charge in [0.05, 0.1) is 11.6 Å². The second kappa shape index (κ2) is 7.00. The zero-order valence-corrected chi connectivity index (χ0v) is 14.0. The molecule has 3 aromatic rings. The SMILES string of the molecule is O=C(N[C@H]1CCCc2nc(-c3cccnc3)ncc21)c1ccccc1F. The Kier molecular flexibility index (Phi) is 4.39. The van der Waals surface area contributed by atoms with Crippen molar-refractivity contribution in [1.82, 2.24) is 20.3 Å². The van der Waals surface area contributed by atoms with Gasteiger partial charge in [-0.15, -0.1) is 0 Å². The molecule has 0 aliphatic heterocycles. The van der Waals surface area contributed by atoms with Crippen LogP contribution in [0.1, 0.15) is 40.5 Å². The number of hydrogen-bond acceptors (Lipinski definition) is 4. The lowest BCUT2D eigenvalue weighted by Gasteiger charge is -2.25. The Bertz CT molecular complexity index is 946. The molecule has 0 saturated heterocycles. The Hall–Kier alpha value is -3.15. The number of aryl methyl sites for hydroxylation is 1. The molecule has 1 atom stereocenters. The van der Waals surface area contributed by atoms with Gasteiger partial charge in [0, 0.05) is 35.4 Å². The molecule has 26 heavy (non-hydrogen) atoms. The number of carbonyl (C=O) groups excluding carboxylic acids is 1. The molecular formula is C20H17FN4O. The summed E-state index contributed by atoms with van der Waals surface area (Å²) in [5, 5.41) is 2.92. The molecule has 0 spiro atoms. The van der Waals surface area contributed by atoms with E-state index >= 15 is 0 Å². The molecule has 1 aromatic carbocycles. The molecule has 1 aliphatic carbocycles. The van der Waals surface area contributed by atoms with Crippen molar-refractivity contribution in [2.24, 2.45) is 0 Å². The average Bonchev–Trinajstić information content (AvgIpc) is 2.69. The maximum absolute atomic E-state index is 13.8. The summed E-state index contributed by atoms with van der Waals surface area (Å²) < 4.78 is 13.8. The Morgan fingerprint density at radius 2 is 2.04 bits per heavy atom. The summed E-state index contributed by atoms with van der Waals surface area (Å²) >= 11 is 0. The van der Waals surface area contributed by atoms with Crippen LogP contribution in [0.5, 0.6) is 0 Å². The number of benzene rings is 1. The second-order valence-corrected chi connectivity index (χ2v) is 6.24. The van der Waals surface area contributed by atoms with Gasteiger partial charge in [0.1, 0.15) is 5.82 Å². The number of hydrogen-bond donors (Lipinski definition) is 1. The van der Waals surface area contributed by atoms with E-state index in [9.17, 15) is 9.18 Å². The number of nitrogens with one attached hydrogen (secondary N) is 1. The smallest absolute Gasteiger partial charge is 0.254 e. The number of amides is 1. The van der Waals surface area contributed by atoms with E-state index in [0.717, 1.165) is 36.1 Å². The minimum absolute atomic E-state index is 0.0486. The molecule has 1 aliphatic rings. The molecule has 0 radical (unpaired) electrons. The summed E-state index contributed by atoms with van der Waals surface area (Å²) in [4.78, 5) is 25.6. The molecule has 0 fully saturated rings. The van der Waals surface area contributed by atoms with Gasteiger partial charge in [-0.3, -0.25) is 9.78 Å². The Morgan fingerprint density at radius 1 is 1.15 bits per heavy atom. The number of carbonyl (C=O) groups is 1. The zero-order chi connectivity index (χ0) is 17.9. The van der Waals surface area contributed by atoms with Gasteiger partial charge in [0.15, 0.2) is 5.82 Å². The number of nitrogens with zero attached hydrogens (tertiary/aromatic N) is 3. The third-order valence-electron chi connectivity index (χ3n) is 4.53. The third kappa shape index (κ3) is 3.18. The van der Waals surface area contributed by atoms with E-state index in [1.807, 2.05) is 12.1 Å². The number of halogens is 1. The van der Waals surface area contributed by atoms with Crippen molar-refractivity contribution in [2.75, 3.05) is 0 Å². The van der Waals surface area contributed by atoms with E-state index in [-0.39, 0.29) is 11.6 Å². The summed E-state index contributed by atoms with van der Waals surface area (Å²) in [5.74, 6) is -0.320. The van der Waals surface area contributed by atoms with Crippen LogP contribution in [0.25, 0.3) is 11.4 Å². The lowest BCUT2D eigenvalue weighted by molar-refractivity contribution is 0.0928. The molecule has 2 aromatic heterocycles. The first-order valence-corrected chi connectivity index (χ1v) is 8.54. The monoisotopic (exact) mass is 348 g/mol. The highest BCUT2D eigenvalue weighted by atomic mass is 19.1. The van der Waals surface area contributed by atoms with Crippen LogP contribution in [-0.4, -0.2) is 20.9 Å². The van der Waals surface area contributed by atoms with Crippen molar-refractivity contribution < 1.29 is 9.18 Å². The van der Waals surface area contributed by atoms with Crippen molar-refractivity contribution in [3.8, 4) is 11.4 Å². The van der Waals surface area contributed by atoms with Crippen molar-refractivity contribution in [3.63, 3.8) is 0 Å². The topological polar surface area (TPSA) is 67.8 Å². The number of pyridine rings is 1. The maximum atomic E-state index is 13.8. The van der Waals surface area contributed by atoms with Gasteiger partial charge >= 0.3 is 0 Å². The van der Waals surface area contributed by atoms with E-state index in [4.69, 9.17) is 0 Å². The summed E-state index contributed by atoms with van der Waals surface area (Å²) in [7, 11) is 0. The first-order valence-electron chi connectivity index (χ1n) is 8.54. The zero-order valence-electron chi connectivity index (χ0n) is 14.0. The van der Waals surface area contributed by atoms with E-state index in [0.29, 0.717) is 5.82 Å². The van der Waals surface area contributed by atoms with Gasteiger partial charge < -0.3 is 5.32 Å². The summed E-state index contributed by atoms with van der Waals surface area (Å²) in [6.07, 6.45) is 7.70. The predicted molar refractivity (Wildman–Crippen MR) is 94.8 cm³/mol. The number of rotatable bonds is 3. The quantitative estimate of drug-likeness (QED) is 0.787. The standard InChI is InChI=1S/C20H17FN4O/c21-16-7-2-1-6-14(16)20(26)25-18-9-3-8-17-15(18)12-23-19(24-17)13-5-4-10-22-11-13/h1-2,4-7,10-12,18H,3,8-9H2,(H,25,26)/t18-/m0/s1. The molecule has 130 valence electrons. The van der Waals surface area contributed by atoms with Crippen LogP contribution in [0.4, 0.5) is 4.39 Å². The molecule has 0 bridgehead atoms. The van der Waals surface area contributed by atoms with Crippen LogP contribution < -0.4 is 5.32 Å². The average molecular weight is 348 g/mol. The van der Waals surface area contributed by atoms with Crippen LogP contribution in [0, 0.1) is 5.82 Å². The summed E-state index contributed by atoms with van der Waals surface area (Å²) in [5.41, 5.74) is 2.72. The minimum atomic E-state index is -0.524. The minimum Gasteiger partial charge on any atom is -0.345 e. The van der Waals surface area contributed by atoms with Gasteiger partial charge in [-0.1, -0.05) is 12.1 Å². The summed E-state index contributed by atoms with van der Waals surface area (Å²) in [6.45, 7) is 0. The normalized spacial score (nSPS) is 16.0.